The summed E-state index contributed by atoms with van der Waals surface area (Å²) in [6.07, 6.45) is -4.18. The van der Waals surface area contributed by atoms with Gasteiger partial charge in [0.1, 0.15) is 0 Å². The monoisotopic (exact) mass is 304 g/mol. The van der Waals surface area contributed by atoms with E-state index >= 15 is 0 Å². The van der Waals surface area contributed by atoms with E-state index in [1.165, 1.54) is 18.2 Å². The van der Waals surface area contributed by atoms with E-state index < -0.39 is 35.7 Å². The van der Waals surface area contributed by atoms with Crippen LogP contribution in [0.1, 0.15) is 25.8 Å². The van der Waals surface area contributed by atoms with Gasteiger partial charge in [-0.05, 0) is 25.5 Å². The molecule has 0 fully saturated rings. The fourth-order valence-electron chi connectivity index (χ4n) is 1.93. The van der Waals surface area contributed by atoms with Crippen LogP contribution in [0.5, 0.6) is 0 Å². The molecule has 0 heterocycles. The first-order chi connectivity index (χ1) is 9.61. The molecule has 1 rings (SSSR count). The first-order valence-electron chi connectivity index (χ1n) is 6.23. The molecular formula is C15H16F4O2. The second-order valence-electron chi connectivity index (χ2n) is 5.01. The fraction of sp³-hybridized carbons (Fsp3) is 0.400. The summed E-state index contributed by atoms with van der Waals surface area (Å²) in [5.74, 6) is -5.60. The van der Waals surface area contributed by atoms with Crippen LogP contribution in [0.25, 0.3) is 0 Å². The maximum absolute atomic E-state index is 13.8. The Bertz CT molecular complexity index is 522. The largest absolute Gasteiger partial charge is 0.378 e. The molecule has 6 heteroatoms. The molecule has 0 aliphatic carbocycles. The van der Waals surface area contributed by atoms with Gasteiger partial charge in [-0.25, -0.2) is 8.78 Å². The van der Waals surface area contributed by atoms with E-state index in [2.05, 4.69) is 0 Å². The second-order valence-corrected chi connectivity index (χ2v) is 5.01. The molecule has 1 aromatic rings. The van der Waals surface area contributed by atoms with E-state index in [9.17, 15) is 27.5 Å². The SMILES string of the molecule is CC(C)=CC(=O)CC(O)(c1ccccc1)C(F)(F)C(F)F. The Morgan fingerprint density at radius 2 is 1.76 bits per heavy atom. The van der Waals surface area contributed by atoms with E-state index in [0.29, 0.717) is 5.57 Å². The smallest absolute Gasteiger partial charge is 0.339 e. The van der Waals surface area contributed by atoms with Gasteiger partial charge in [0.2, 0.25) is 0 Å². The molecule has 116 valence electrons. The van der Waals surface area contributed by atoms with E-state index in [1.807, 2.05) is 0 Å². The number of halogens is 4. The zero-order valence-corrected chi connectivity index (χ0v) is 11.6. The molecule has 1 unspecified atom stereocenters. The Morgan fingerprint density at radius 3 is 2.19 bits per heavy atom. The van der Waals surface area contributed by atoms with Gasteiger partial charge in [-0.15, -0.1) is 0 Å². The number of allylic oxidation sites excluding steroid dienone is 2. The Balaban J connectivity index is 3.31. The lowest BCUT2D eigenvalue weighted by atomic mass is 9.82. The molecular weight excluding hydrogens is 288 g/mol. The van der Waals surface area contributed by atoms with Gasteiger partial charge in [0.05, 0.1) is 0 Å². The molecule has 0 saturated heterocycles. The number of rotatable bonds is 6. The van der Waals surface area contributed by atoms with Crippen LogP contribution < -0.4 is 0 Å². The van der Waals surface area contributed by atoms with Gasteiger partial charge in [-0.2, -0.15) is 8.78 Å². The maximum Gasteiger partial charge on any atom is 0.339 e. The Kier molecular flexibility index (Phi) is 5.28. The normalized spacial score (nSPS) is 14.7. The van der Waals surface area contributed by atoms with E-state index in [1.54, 1.807) is 13.8 Å². The van der Waals surface area contributed by atoms with Crippen molar-refractivity contribution < 1.29 is 27.5 Å². The van der Waals surface area contributed by atoms with Gasteiger partial charge in [0.25, 0.3) is 0 Å². The van der Waals surface area contributed by atoms with E-state index in [0.717, 1.165) is 18.2 Å². The van der Waals surface area contributed by atoms with E-state index in [-0.39, 0.29) is 0 Å². The highest BCUT2D eigenvalue weighted by molar-refractivity contribution is 5.91. The van der Waals surface area contributed by atoms with Crippen LogP contribution in [0.3, 0.4) is 0 Å². The van der Waals surface area contributed by atoms with Crippen molar-refractivity contribution in [2.45, 2.75) is 38.2 Å². The van der Waals surface area contributed by atoms with Gasteiger partial charge in [0, 0.05) is 6.42 Å². The Morgan fingerprint density at radius 1 is 1.24 bits per heavy atom. The number of ketones is 1. The van der Waals surface area contributed by atoms with Crippen molar-refractivity contribution in [1.29, 1.82) is 0 Å². The molecule has 0 aliphatic heterocycles. The predicted molar refractivity (Wildman–Crippen MR) is 70.3 cm³/mol. The molecule has 0 aromatic heterocycles. The topological polar surface area (TPSA) is 37.3 Å². The van der Waals surface area contributed by atoms with Crippen molar-refractivity contribution in [3.8, 4) is 0 Å². The molecule has 21 heavy (non-hydrogen) atoms. The van der Waals surface area contributed by atoms with Crippen molar-refractivity contribution in [1.82, 2.24) is 0 Å². The van der Waals surface area contributed by atoms with Crippen LogP contribution in [0.2, 0.25) is 0 Å². The van der Waals surface area contributed by atoms with Crippen molar-refractivity contribution >= 4 is 5.78 Å². The number of aliphatic hydroxyl groups is 1. The van der Waals surface area contributed by atoms with Crippen LogP contribution >= 0.6 is 0 Å². The molecule has 1 aromatic carbocycles. The molecule has 2 nitrogen and oxygen atoms in total. The predicted octanol–water partition coefficient (Wildman–Crippen LogP) is 3.70. The van der Waals surface area contributed by atoms with Crippen molar-refractivity contribution in [2.75, 3.05) is 0 Å². The molecule has 0 spiro atoms. The van der Waals surface area contributed by atoms with Crippen LogP contribution in [-0.2, 0) is 10.4 Å². The lowest BCUT2D eigenvalue weighted by molar-refractivity contribution is -0.249. The summed E-state index contributed by atoms with van der Waals surface area (Å²) in [5, 5.41) is 10.2. The highest BCUT2D eigenvalue weighted by atomic mass is 19.3. The standard InChI is InChI=1S/C15H16F4O2/c1-10(2)8-12(20)9-14(21,15(18,19)13(16)17)11-6-4-3-5-7-11/h3-8,13,21H,9H2,1-2H3. The summed E-state index contributed by atoms with van der Waals surface area (Å²) in [6, 6.07) is 6.32. The minimum Gasteiger partial charge on any atom is -0.378 e. The minimum atomic E-state index is -4.75. The van der Waals surface area contributed by atoms with Gasteiger partial charge >= 0.3 is 12.3 Å². The highest BCUT2D eigenvalue weighted by Crippen LogP contribution is 2.44. The minimum absolute atomic E-state index is 0.425. The van der Waals surface area contributed by atoms with Crippen LogP contribution in [0, 0.1) is 0 Å². The number of carbonyl (C=O) groups is 1. The highest BCUT2D eigenvalue weighted by Gasteiger charge is 2.60. The molecule has 0 bridgehead atoms. The number of hydrogen-bond donors (Lipinski definition) is 1. The van der Waals surface area contributed by atoms with Gasteiger partial charge in [-0.1, -0.05) is 35.9 Å². The van der Waals surface area contributed by atoms with E-state index in [4.69, 9.17) is 0 Å². The summed E-state index contributed by atoms with van der Waals surface area (Å²) in [7, 11) is 0. The average Bonchev–Trinajstić information content (AvgIpc) is 2.38. The third-order valence-electron chi connectivity index (χ3n) is 2.96. The third-order valence-corrected chi connectivity index (χ3v) is 2.96. The van der Waals surface area contributed by atoms with Crippen LogP contribution in [0.4, 0.5) is 17.6 Å². The molecule has 1 atom stereocenters. The first-order valence-corrected chi connectivity index (χ1v) is 6.23. The first kappa shape index (κ1) is 17.4. The number of hydrogen-bond acceptors (Lipinski definition) is 2. The third kappa shape index (κ3) is 3.69. The number of carbonyl (C=O) groups excluding carboxylic acids is 1. The average molecular weight is 304 g/mol. The van der Waals surface area contributed by atoms with Gasteiger partial charge in [-0.3, -0.25) is 4.79 Å². The lowest BCUT2D eigenvalue weighted by Gasteiger charge is -2.35. The second kappa shape index (κ2) is 6.39. The summed E-state index contributed by atoms with van der Waals surface area (Å²) in [6.45, 7) is 3.12. The molecule has 1 N–H and O–H groups in total. The van der Waals surface area contributed by atoms with Gasteiger partial charge in [0.15, 0.2) is 11.4 Å². The van der Waals surface area contributed by atoms with Crippen molar-refractivity contribution in [2.24, 2.45) is 0 Å². The summed E-state index contributed by atoms with van der Waals surface area (Å²) in [4.78, 5) is 11.7. The van der Waals surface area contributed by atoms with Crippen LogP contribution in [-0.4, -0.2) is 23.2 Å². The maximum atomic E-state index is 13.8. The summed E-state index contributed by atoms with van der Waals surface area (Å²) in [5.41, 5.74) is -3.16. The van der Waals surface area contributed by atoms with Crippen LogP contribution in [0.15, 0.2) is 42.0 Å². The Labute approximate surface area is 120 Å². The molecule has 0 saturated carbocycles. The summed E-state index contributed by atoms with van der Waals surface area (Å²) < 4.78 is 53.0. The fourth-order valence-corrected chi connectivity index (χ4v) is 1.93. The zero-order chi connectivity index (χ0) is 16.3. The number of benzene rings is 1. The molecule has 0 aliphatic rings. The quantitative estimate of drug-likeness (QED) is 0.643. The molecule has 0 amide bonds. The Hall–Kier alpha value is -1.69. The number of alkyl halides is 4. The molecule has 0 radical (unpaired) electrons. The zero-order valence-electron chi connectivity index (χ0n) is 11.6. The lowest BCUT2D eigenvalue weighted by Crippen LogP contribution is -2.51. The van der Waals surface area contributed by atoms with Crippen molar-refractivity contribution in [3.63, 3.8) is 0 Å². The summed E-state index contributed by atoms with van der Waals surface area (Å²) >= 11 is 0. The van der Waals surface area contributed by atoms with Crippen molar-refractivity contribution in [3.05, 3.63) is 47.5 Å². The van der Waals surface area contributed by atoms with Gasteiger partial charge < -0.3 is 5.11 Å².